The summed E-state index contributed by atoms with van der Waals surface area (Å²) >= 11 is 0. The van der Waals surface area contributed by atoms with Gasteiger partial charge in [0.25, 0.3) is 0 Å². The molecule has 0 aliphatic carbocycles. The molecular weight excluding hydrogens is 198 g/mol. The Morgan fingerprint density at radius 3 is 2.38 bits per heavy atom. The van der Waals surface area contributed by atoms with Crippen LogP contribution in [0.1, 0.15) is 37.8 Å². The molecule has 0 aliphatic heterocycles. The van der Waals surface area contributed by atoms with E-state index in [1.165, 1.54) is 11.1 Å². The van der Waals surface area contributed by atoms with Crippen molar-refractivity contribution in [2.45, 2.75) is 39.7 Å². The van der Waals surface area contributed by atoms with Crippen LogP contribution in [0.3, 0.4) is 0 Å². The first-order chi connectivity index (χ1) is 7.72. The molecule has 1 rings (SSSR count). The molecular formula is C14H21NO. The van der Waals surface area contributed by atoms with Gasteiger partial charge < -0.3 is 10.1 Å². The Morgan fingerprint density at radius 1 is 1.19 bits per heavy atom. The summed E-state index contributed by atoms with van der Waals surface area (Å²) in [6.45, 7) is 5.61. The number of hydrogen-bond donors (Lipinski definition) is 1. The molecule has 0 bridgehead atoms. The lowest BCUT2D eigenvalue weighted by molar-refractivity contribution is -0.117. The van der Waals surface area contributed by atoms with Crippen molar-refractivity contribution in [3.8, 4) is 0 Å². The lowest BCUT2D eigenvalue weighted by Gasteiger charge is -2.05. The molecule has 1 N–H and O–H groups in total. The van der Waals surface area contributed by atoms with Crippen molar-refractivity contribution in [3.05, 3.63) is 35.4 Å². The Balaban J connectivity index is 2.19. The van der Waals surface area contributed by atoms with E-state index in [1.54, 1.807) is 6.92 Å². The molecule has 2 nitrogen and oxygen atoms in total. The van der Waals surface area contributed by atoms with E-state index < -0.39 is 0 Å². The number of rotatable bonds is 7. The number of carbonyl (C=O) groups is 1. The summed E-state index contributed by atoms with van der Waals surface area (Å²) in [6, 6.07) is 8.67. The minimum absolute atomic E-state index is 0.272. The van der Waals surface area contributed by atoms with Gasteiger partial charge >= 0.3 is 0 Å². The maximum atomic E-state index is 10.7. The van der Waals surface area contributed by atoms with E-state index in [4.69, 9.17) is 0 Å². The Bertz CT molecular complexity index is 316. The van der Waals surface area contributed by atoms with Gasteiger partial charge in [-0.1, -0.05) is 31.2 Å². The van der Waals surface area contributed by atoms with Crippen molar-refractivity contribution in [3.63, 3.8) is 0 Å². The lowest BCUT2D eigenvalue weighted by atomic mass is 10.1. The summed E-state index contributed by atoms with van der Waals surface area (Å²) in [5.74, 6) is 0.272. The molecule has 0 unspecified atom stereocenters. The van der Waals surface area contributed by atoms with Gasteiger partial charge in [-0.05, 0) is 37.4 Å². The molecule has 2 heteroatoms. The van der Waals surface area contributed by atoms with Crippen LogP contribution in [-0.4, -0.2) is 12.3 Å². The minimum Gasteiger partial charge on any atom is -0.313 e. The van der Waals surface area contributed by atoms with Crippen LogP contribution in [0.25, 0.3) is 0 Å². The highest BCUT2D eigenvalue weighted by Crippen LogP contribution is 2.04. The normalized spacial score (nSPS) is 10.4. The topological polar surface area (TPSA) is 29.1 Å². The number of nitrogens with one attached hydrogen (secondary N) is 1. The molecule has 0 aromatic heterocycles. The second-order valence-corrected chi connectivity index (χ2v) is 4.15. The van der Waals surface area contributed by atoms with Gasteiger partial charge in [0.15, 0.2) is 0 Å². The zero-order valence-electron chi connectivity index (χ0n) is 10.3. The van der Waals surface area contributed by atoms with Crippen molar-refractivity contribution < 1.29 is 4.79 Å². The molecule has 0 amide bonds. The molecule has 0 saturated heterocycles. The molecule has 1 aromatic rings. The van der Waals surface area contributed by atoms with E-state index in [1.807, 2.05) is 0 Å². The summed E-state index contributed by atoms with van der Waals surface area (Å²) in [5, 5.41) is 3.34. The van der Waals surface area contributed by atoms with Crippen LogP contribution < -0.4 is 5.32 Å². The predicted molar refractivity (Wildman–Crippen MR) is 67.4 cm³/mol. The molecule has 88 valence electrons. The summed E-state index contributed by atoms with van der Waals surface area (Å²) in [6.07, 6.45) is 2.70. The first kappa shape index (κ1) is 12.9. The zero-order valence-corrected chi connectivity index (χ0v) is 10.3. The van der Waals surface area contributed by atoms with Crippen molar-refractivity contribution in [2.24, 2.45) is 0 Å². The SMILES string of the molecule is CCc1ccc(CNCCCC(C)=O)cc1. The maximum absolute atomic E-state index is 10.7. The Morgan fingerprint density at radius 2 is 1.81 bits per heavy atom. The second-order valence-electron chi connectivity index (χ2n) is 4.15. The third-order valence-electron chi connectivity index (χ3n) is 2.64. The highest BCUT2D eigenvalue weighted by atomic mass is 16.1. The molecule has 1 aromatic carbocycles. The first-order valence-electron chi connectivity index (χ1n) is 6.00. The van der Waals surface area contributed by atoms with E-state index in [0.29, 0.717) is 6.42 Å². The van der Waals surface area contributed by atoms with Gasteiger partial charge in [0.1, 0.15) is 5.78 Å². The third kappa shape index (κ3) is 5.08. The van der Waals surface area contributed by atoms with Gasteiger partial charge in [0.2, 0.25) is 0 Å². The number of hydrogen-bond acceptors (Lipinski definition) is 2. The standard InChI is InChI=1S/C14H21NO/c1-3-13-6-8-14(9-7-13)11-15-10-4-5-12(2)16/h6-9,15H,3-5,10-11H2,1-2H3. The van der Waals surface area contributed by atoms with Gasteiger partial charge in [-0.25, -0.2) is 0 Å². The van der Waals surface area contributed by atoms with E-state index >= 15 is 0 Å². The molecule has 0 atom stereocenters. The number of carbonyl (C=O) groups excluding carboxylic acids is 1. The number of Topliss-reactive ketones (excluding diaryl/α,β-unsaturated/α-hetero) is 1. The molecule has 0 fully saturated rings. The minimum atomic E-state index is 0.272. The van der Waals surface area contributed by atoms with Gasteiger partial charge in [0, 0.05) is 13.0 Å². The van der Waals surface area contributed by atoms with Gasteiger partial charge in [-0.15, -0.1) is 0 Å². The summed E-state index contributed by atoms with van der Waals surface area (Å²) in [7, 11) is 0. The second kappa shape index (κ2) is 7.18. The van der Waals surface area contributed by atoms with Crippen LogP contribution >= 0.6 is 0 Å². The number of aryl methyl sites for hydroxylation is 1. The maximum Gasteiger partial charge on any atom is 0.129 e. The largest absolute Gasteiger partial charge is 0.313 e. The molecule has 0 saturated carbocycles. The number of benzene rings is 1. The van der Waals surface area contributed by atoms with Crippen LogP contribution in [-0.2, 0) is 17.8 Å². The average molecular weight is 219 g/mol. The molecule has 0 spiro atoms. The van der Waals surface area contributed by atoms with Crippen LogP contribution in [0.2, 0.25) is 0 Å². The van der Waals surface area contributed by atoms with Gasteiger partial charge in [-0.3, -0.25) is 0 Å². The monoisotopic (exact) mass is 219 g/mol. The van der Waals surface area contributed by atoms with Crippen molar-refractivity contribution in [1.82, 2.24) is 5.32 Å². The summed E-state index contributed by atoms with van der Waals surface area (Å²) < 4.78 is 0. The zero-order chi connectivity index (χ0) is 11.8. The van der Waals surface area contributed by atoms with Gasteiger partial charge in [0.05, 0.1) is 0 Å². The fraction of sp³-hybridized carbons (Fsp3) is 0.500. The fourth-order valence-electron chi connectivity index (χ4n) is 1.59. The van der Waals surface area contributed by atoms with Crippen LogP contribution in [0, 0.1) is 0 Å². The third-order valence-corrected chi connectivity index (χ3v) is 2.64. The highest BCUT2D eigenvalue weighted by Gasteiger charge is 1.95. The average Bonchev–Trinajstić information content (AvgIpc) is 2.29. The number of ketones is 1. The van der Waals surface area contributed by atoms with Crippen LogP contribution in [0.4, 0.5) is 0 Å². The predicted octanol–water partition coefficient (Wildman–Crippen LogP) is 2.71. The van der Waals surface area contributed by atoms with Crippen LogP contribution in [0.15, 0.2) is 24.3 Å². The summed E-state index contributed by atoms with van der Waals surface area (Å²) in [4.78, 5) is 10.7. The lowest BCUT2D eigenvalue weighted by Crippen LogP contribution is -2.15. The first-order valence-corrected chi connectivity index (χ1v) is 6.00. The Kier molecular flexibility index (Phi) is 5.79. The fourth-order valence-corrected chi connectivity index (χ4v) is 1.59. The molecule has 0 heterocycles. The Labute approximate surface area is 98.1 Å². The van der Waals surface area contributed by atoms with Gasteiger partial charge in [-0.2, -0.15) is 0 Å². The summed E-state index contributed by atoms with van der Waals surface area (Å²) in [5.41, 5.74) is 2.68. The smallest absolute Gasteiger partial charge is 0.129 e. The van der Waals surface area contributed by atoms with E-state index in [-0.39, 0.29) is 5.78 Å². The molecule has 0 radical (unpaired) electrons. The molecule has 16 heavy (non-hydrogen) atoms. The highest BCUT2D eigenvalue weighted by molar-refractivity contribution is 5.75. The van der Waals surface area contributed by atoms with E-state index in [0.717, 1.165) is 25.9 Å². The Hall–Kier alpha value is -1.15. The molecule has 0 aliphatic rings. The van der Waals surface area contributed by atoms with Crippen molar-refractivity contribution in [2.75, 3.05) is 6.54 Å². The van der Waals surface area contributed by atoms with Crippen LogP contribution in [0.5, 0.6) is 0 Å². The van der Waals surface area contributed by atoms with Crippen molar-refractivity contribution in [1.29, 1.82) is 0 Å². The van der Waals surface area contributed by atoms with E-state index in [2.05, 4.69) is 36.5 Å². The van der Waals surface area contributed by atoms with Crippen molar-refractivity contribution >= 4 is 5.78 Å². The van der Waals surface area contributed by atoms with E-state index in [9.17, 15) is 4.79 Å². The quantitative estimate of drug-likeness (QED) is 0.714.